The number of carboxylic acids is 1. The van der Waals surface area contributed by atoms with Crippen LogP contribution in [0, 0.1) is 0 Å². The van der Waals surface area contributed by atoms with Gasteiger partial charge in [-0.3, -0.25) is 10.2 Å². The van der Waals surface area contributed by atoms with Crippen LogP contribution in [0.15, 0.2) is 24.4 Å². The lowest BCUT2D eigenvalue weighted by molar-refractivity contribution is -0.140. The minimum Gasteiger partial charge on any atom is -0.480 e. The monoisotopic (exact) mass is 495 g/mol. The van der Waals surface area contributed by atoms with Crippen LogP contribution >= 0.6 is 34.5 Å². The van der Waals surface area contributed by atoms with Crippen LogP contribution in [0.1, 0.15) is 24.8 Å². The van der Waals surface area contributed by atoms with Gasteiger partial charge in [0.1, 0.15) is 9.88 Å². The Morgan fingerprint density at radius 1 is 1.12 bits per heavy atom. The van der Waals surface area contributed by atoms with Gasteiger partial charge < -0.3 is 15.3 Å². The number of nitrogens with zero attached hydrogens (tertiary/aromatic N) is 3. The first-order valence-corrected chi connectivity index (χ1v) is 11.6. The normalized spacial score (nSPS) is 22.7. The van der Waals surface area contributed by atoms with Crippen LogP contribution < -0.4 is 15.5 Å². The summed E-state index contributed by atoms with van der Waals surface area (Å²) in [5.41, 5.74) is -0.0204. The Morgan fingerprint density at radius 3 is 2.56 bits per heavy atom. The molecule has 5 rings (SSSR count). The predicted octanol–water partition coefficient (Wildman–Crippen LogP) is 3.77. The fraction of sp³-hybridized carbons (Fsp3) is 0.400. The molecule has 1 spiro atoms. The van der Waals surface area contributed by atoms with Crippen LogP contribution in [0.3, 0.4) is 0 Å². The number of likely N-dealkylation sites (tertiary alicyclic amines) is 1. The lowest BCUT2D eigenvalue weighted by Gasteiger charge is -2.26. The Kier molecular flexibility index (Phi) is 4.99. The van der Waals surface area contributed by atoms with Crippen LogP contribution in [0.5, 0.6) is 0 Å². The van der Waals surface area contributed by atoms with Gasteiger partial charge in [0.2, 0.25) is 0 Å². The van der Waals surface area contributed by atoms with Crippen molar-refractivity contribution in [1.29, 1.82) is 0 Å². The van der Waals surface area contributed by atoms with E-state index in [2.05, 4.69) is 15.6 Å². The number of aliphatic carboxylic acids is 1. The average molecular weight is 496 g/mol. The summed E-state index contributed by atoms with van der Waals surface area (Å²) < 4.78 is 0.470. The highest BCUT2D eigenvalue weighted by molar-refractivity contribution is 7.19. The summed E-state index contributed by atoms with van der Waals surface area (Å²) in [6, 6.07) is 4.62. The smallest absolute Gasteiger partial charge is 0.329 e. The minimum atomic E-state index is -1.15. The van der Waals surface area contributed by atoms with Crippen molar-refractivity contribution in [2.24, 2.45) is 0 Å². The number of benzene rings is 1. The summed E-state index contributed by atoms with van der Waals surface area (Å²) in [6.07, 6.45) is 2.96. The lowest BCUT2D eigenvalue weighted by Crippen LogP contribution is -2.50. The second-order valence-corrected chi connectivity index (χ2v) is 10.5. The zero-order chi connectivity index (χ0) is 22.7. The maximum absolute atomic E-state index is 13.0. The van der Waals surface area contributed by atoms with Crippen molar-refractivity contribution >= 4 is 63.4 Å². The van der Waals surface area contributed by atoms with Crippen LogP contribution in [0.25, 0.3) is 0 Å². The Hall–Kier alpha value is -2.56. The summed E-state index contributed by atoms with van der Waals surface area (Å²) in [7, 11) is 0. The van der Waals surface area contributed by atoms with Gasteiger partial charge in [-0.05, 0) is 43.0 Å². The summed E-state index contributed by atoms with van der Waals surface area (Å²) in [5.74, 6) is -1.01. The predicted molar refractivity (Wildman–Crippen MR) is 121 cm³/mol. The largest absolute Gasteiger partial charge is 0.480 e. The first-order chi connectivity index (χ1) is 15.2. The van der Waals surface area contributed by atoms with Crippen molar-refractivity contribution in [3.05, 3.63) is 39.3 Å². The van der Waals surface area contributed by atoms with E-state index in [1.807, 2.05) is 6.07 Å². The van der Waals surface area contributed by atoms with Gasteiger partial charge in [-0.15, -0.1) is 0 Å². The second-order valence-electron chi connectivity index (χ2n) is 8.42. The first-order valence-electron chi connectivity index (χ1n) is 10.0. The molecule has 3 aliphatic rings. The highest BCUT2D eigenvalue weighted by atomic mass is 35.5. The molecule has 9 nitrogen and oxygen atoms in total. The van der Waals surface area contributed by atoms with Gasteiger partial charge >= 0.3 is 18.0 Å². The quantitative estimate of drug-likeness (QED) is 0.599. The van der Waals surface area contributed by atoms with Crippen LogP contribution in [0.4, 0.5) is 20.4 Å². The number of aromatic nitrogens is 1. The number of thiazole rings is 1. The van der Waals surface area contributed by atoms with Gasteiger partial charge in [0.15, 0.2) is 5.13 Å². The molecule has 1 saturated heterocycles. The molecule has 1 saturated carbocycles. The van der Waals surface area contributed by atoms with E-state index in [4.69, 9.17) is 23.2 Å². The van der Waals surface area contributed by atoms with Crippen LogP contribution in [-0.2, 0) is 10.2 Å². The topological polar surface area (TPSA) is 115 Å². The van der Waals surface area contributed by atoms with Crippen molar-refractivity contribution in [2.45, 2.75) is 30.2 Å². The third-order valence-electron chi connectivity index (χ3n) is 6.36. The number of anilines is 2. The molecular weight excluding hydrogens is 477 g/mol. The molecule has 0 bridgehead atoms. The molecule has 2 aliphatic heterocycles. The van der Waals surface area contributed by atoms with E-state index in [1.165, 1.54) is 17.5 Å². The molecule has 168 valence electrons. The van der Waals surface area contributed by atoms with Crippen molar-refractivity contribution in [1.82, 2.24) is 15.2 Å². The molecule has 1 aromatic carbocycles. The number of carbonyl (C=O) groups is 3. The fourth-order valence-electron chi connectivity index (χ4n) is 4.49. The number of nitrogens with one attached hydrogen (secondary N) is 2. The average Bonchev–Trinajstić information content (AvgIpc) is 3.08. The Labute approximate surface area is 197 Å². The fourth-order valence-corrected chi connectivity index (χ4v) is 5.46. The van der Waals surface area contributed by atoms with E-state index < -0.39 is 23.0 Å². The molecule has 12 heteroatoms. The molecular formula is C20H19Cl2N5O4S. The van der Waals surface area contributed by atoms with E-state index in [1.54, 1.807) is 21.9 Å². The Morgan fingerprint density at radius 2 is 1.91 bits per heavy atom. The molecule has 0 radical (unpaired) electrons. The molecule has 4 amide bonds. The SMILES string of the molecule is O=C(NC1(C(=O)O)CC1)N1CCC2(C1)CN(C(=O)Nc1ncc(Cl)s1)c1ccc(Cl)cc12. The lowest BCUT2D eigenvalue weighted by atomic mass is 9.81. The van der Waals surface area contributed by atoms with E-state index in [9.17, 15) is 19.5 Å². The molecule has 1 aromatic heterocycles. The van der Waals surface area contributed by atoms with E-state index in [-0.39, 0.29) is 6.03 Å². The number of hydrogen-bond donors (Lipinski definition) is 3. The second kappa shape index (κ2) is 7.50. The zero-order valence-electron chi connectivity index (χ0n) is 16.7. The maximum atomic E-state index is 13.0. The summed E-state index contributed by atoms with van der Waals surface area (Å²) in [6.45, 7) is 1.17. The number of hydrogen-bond acceptors (Lipinski definition) is 5. The molecule has 2 aromatic rings. The van der Waals surface area contributed by atoms with E-state index in [0.29, 0.717) is 53.4 Å². The van der Waals surface area contributed by atoms with Crippen LogP contribution in [0.2, 0.25) is 9.36 Å². The van der Waals surface area contributed by atoms with Crippen LogP contribution in [-0.4, -0.2) is 58.2 Å². The maximum Gasteiger partial charge on any atom is 0.329 e. The third kappa shape index (κ3) is 3.56. The molecule has 1 unspecified atom stereocenters. The number of carboxylic acid groups (broad SMARTS) is 1. The van der Waals surface area contributed by atoms with E-state index >= 15 is 0 Å². The number of urea groups is 2. The molecule has 1 atom stereocenters. The van der Waals surface area contributed by atoms with Gasteiger partial charge in [-0.2, -0.15) is 0 Å². The number of carbonyl (C=O) groups excluding carboxylic acids is 2. The van der Waals surface area contributed by atoms with Gasteiger partial charge in [0, 0.05) is 35.8 Å². The van der Waals surface area contributed by atoms with Gasteiger partial charge in [0.05, 0.1) is 6.20 Å². The highest BCUT2D eigenvalue weighted by Gasteiger charge is 2.54. The Bertz CT molecular complexity index is 1140. The molecule has 3 N–H and O–H groups in total. The Balaban J connectivity index is 1.38. The molecule has 2 fully saturated rings. The van der Waals surface area contributed by atoms with Crippen molar-refractivity contribution in [3.63, 3.8) is 0 Å². The number of fused-ring (bicyclic) bond motifs is 2. The zero-order valence-corrected chi connectivity index (χ0v) is 19.1. The molecule has 3 heterocycles. The van der Waals surface area contributed by atoms with Crippen molar-refractivity contribution in [2.75, 3.05) is 29.9 Å². The van der Waals surface area contributed by atoms with E-state index in [0.717, 1.165) is 11.3 Å². The molecule has 32 heavy (non-hydrogen) atoms. The standard InChI is InChI=1S/C20H19Cl2N5O4S/c21-11-1-2-13-12(7-11)19(10-27(13)17(30)24-16-23-8-14(22)32-16)5-6-26(9-19)18(31)25-20(3-4-20)15(28)29/h1-2,7-8H,3-6,9-10H2,(H,25,31)(H,28,29)(H,23,24,30). The van der Waals surface area contributed by atoms with Crippen molar-refractivity contribution < 1.29 is 19.5 Å². The summed E-state index contributed by atoms with van der Waals surface area (Å²) in [4.78, 5) is 44.6. The number of rotatable bonds is 3. The van der Waals surface area contributed by atoms with Gasteiger partial charge in [0.25, 0.3) is 0 Å². The third-order valence-corrected chi connectivity index (χ3v) is 7.63. The van der Waals surface area contributed by atoms with Gasteiger partial charge in [-0.25, -0.2) is 19.4 Å². The highest BCUT2D eigenvalue weighted by Crippen LogP contribution is 2.48. The summed E-state index contributed by atoms with van der Waals surface area (Å²) in [5, 5.41) is 15.7. The minimum absolute atomic E-state index is 0.345. The first kappa shape index (κ1) is 21.3. The number of amides is 4. The summed E-state index contributed by atoms with van der Waals surface area (Å²) >= 11 is 13.4. The number of halogens is 2. The van der Waals surface area contributed by atoms with Gasteiger partial charge in [-0.1, -0.05) is 34.5 Å². The van der Waals surface area contributed by atoms with Crippen molar-refractivity contribution in [3.8, 4) is 0 Å². The molecule has 1 aliphatic carbocycles.